The van der Waals surface area contributed by atoms with Crippen molar-refractivity contribution >= 4 is 33.7 Å². The maximum atomic E-state index is 12.3. The fraction of sp³-hybridized carbons (Fsp3) is 0.471. The fourth-order valence-corrected chi connectivity index (χ4v) is 2.75. The Hall–Kier alpha value is -1.69. The van der Waals surface area contributed by atoms with Crippen LogP contribution >= 0.6 is 15.9 Å². The van der Waals surface area contributed by atoms with E-state index in [9.17, 15) is 14.4 Å². The topological polar surface area (TPSA) is 66.5 Å². The van der Waals surface area contributed by atoms with Gasteiger partial charge in [-0.2, -0.15) is 0 Å². The van der Waals surface area contributed by atoms with E-state index < -0.39 is 0 Å². The molecule has 0 fully saturated rings. The Kier molecular flexibility index (Phi) is 5.24. The van der Waals surface area contributed by atoms with Gasteiger partial charge in [-0.3, -0.25) is 19.3 Å². The van der Waals surface area contributed by atoms with E-state index in [1.54, 1.807) is 18.2 Å². The van der Waals surface area contributed by atoms with E-state index in [1.165, 1.54) is 4.90 Å². The van der Waals surface area contributed by atoms with E-state index in [0.717, 1.165) is 10.9 Å². The summed E-state index contributed by atoms with van der Waals surface area (Å²) >= 11 is 3.30. The van der Waals surface area contributed by atoms with Crippen molar-refractivity contribution in [1.29, 1.82) is 0 Å². The molecule has 1 N–H and O–H groups in total. The van der Waals surface area contributed by atoms with Crippen molar-refractivity contribution in [3.05, 3.63) is 33.8 Å². The molecule has 0 saturated heterocycles. The Morgan fingerprint density at radius 3 is 2.52 bits per heavy atom. The Labute approximate surface area is 144 Å². The average molecular weight is 381 g/mol. The largest absolute Gasteiger partial charge is 0.351 e. The molecule has 2 rings (SSSR count). The minimum atomic E-state index is -0.291. The second kappa shape index (κ2) is 6.83. The molecule has 1 aliphatic rings. The second-order valence-electron chi connectivity index (χ2n) is 6.34. The van der Waals surface area contributed by atoms with Crippen LogP contribution < -0.4 is 5.32 Å². The van der Waals surface area contributed by atoms with Crippen LogP contribution in [0.5, 0.6) is 0 Å². The number of nitrogens with zero attached hydrogens (tertiary/aromatic N) is 1. The maximum absolute atomic E-state index is 12.3. The van der Waals surface area contributed by atoms with Crippen molar-refractivity contribution in [3.63, 3.8) is 0 Å². The molecule has 1 aromatic rings. The first kappa shape index (κ1) is 17.7. The van der Waals surface area contributed by atoms with Crippen LogP contribution in [0, 0.1) is 0 Å². The standard InChI is InChI=1S/C17H21BrN2O3/c1-4-17(2,3)19-14(21)6-5-9-20-15(22)12-8-7-11(18)10-13(12)16(20)23/h7-8,10H,4-6,9H2,1-3H3,(H,19,21). The highest BCUT2D eigenvalue weighted by molar-refractivity contribution is 9.10. The number of carbonyl (C=O) groups is 3. The Morgan fingerprint density at radius 2 is 1.87 bits per heavy atom. The first-order valence-electron chi connectivity index (χ1n) is 7.72. The highest BCUT2D eigenvalue weighted by atomic mass is 79.9. The van der Waals surface area contributed by atoms with Crippen LogP contribution in [0.25, 0.3) is 0 Å². The van der Waals surface area contributed by atoms with Crippen LogP contribution in [0.15, 0.2) is 22.7 Å². The van der Waals surface area contributed by atoms with Gasteiger partial charge in [-0.05, 0) is 44.9 Å². The first-order valence-corrected chi connectivity index (χ1v) is 8.51. The molecule has 0 spiro atoms. The van der Waals surface area contributed by atoms with Gasteiger partial charge in [0, 0.05) is 23.0 Å². The van der Waals surface area contributed by atoms with E-state index in [0.29, 0.717) is 24.0 Å². The zero-order chi connectivity index (χ0) is 17.2. The third-order valence-corrected chi connectivity index (χ3v) is 4.57. The van der Waals surface area contributed by atoms with Crippen molar-refractivity contribution < 1.29 is 14.4 Å². The summed E-state index contributed by atoms with van der Waals surface area (Å²) in [6.45, 7) is 6.20. The van der Waals surface area contributed by atoms with Crippen LogP contribution in [0.1, 0.15) is 60.7 Å². The van der Waals surface area contributed by atoms with Gasteiger partial charge >= 0.3 is 0 Å². The molecule has 124 valence electrons. The lowest BCUT2D eigenvalue weighted by atomic mass is 10.0. The molecule has 0 unspecified atom stereocenters. The smallest absolute Gasteiger partial charge is 0.261 e. The molecule has 5 nitrogen and oxygen atoms in total. The highest BCUT2D eigenvalue weighted by Crippen LogP contribution is 2.26. The number of nitrogens with one attached hydrogen (secondary N) is 1. The zero-order valence-electron chi connectivity index (χ0n) is 13.6. The molecule has 23 heavy (non-hydrogen) atoms. The van der Waals surface area contributed by atoms with Crippen LogP contribution in [0.4, 0.5) is 0 Å². The molecule has 1 aromatic carbocycles. The van der Waals surface area contributed by atoms with Gasteiger partial charge < -0.3 is 5.32 Å². The molecule has 6 heteroatoms. The van der Waals surface area contributed by atoms with Crippen molar-refractivity contribution in [1.82, 2.24) is 10.2 Å². The van der Waals surface area contributed by atoms with Gasteiger partial charge in [0.2, 0.25) is 5.91 Å². The number of hydrogen-bond acceptors (Lipinski definition) is 3. The number of imide groups is 1. The van der Waals surface area contributed by atoms with Gasteiger partial charge in [0.25, 0.3) is 11.8 Å². The van der Waals surface area contributed by atoms with E-state index in [1.807, 2.05) is 20.8 Å². The number of hydrogen-bond donors (Lipinski definition) is 1. The number of amides is 3. The molecule has 1 heterocycles. The summed E-state index contributed by atoms with van der Waals surface area (Å²) in [6, 6.07) is 5.05. The number of carbonyl (C=O) groups excluding carboxylic acids is 3. The average Bonchev–Trinajstić information content (AvgIpc) is 2.71. The van der Waals surface area contributed by atoms with Crippen LogP contribution in [-0.2, 0) is 4.79 Å². The second-order valence-corrected chi connectivity index (χ2v) is 7.26. The molecule has 0 radical (unpaired) electrons. The van der Waals surface area contributed by atoms with E-state index in [-0.39, 0.29) is 29.8 Å². The van der Waals surface area contributed by atoms with E-state index in [2.05, 4.69) is 21.2 Å². The van der Waals surface area contributed by atoms with Crippen LogP contribution in [0.3, 0.4) is 0 Å². The van der Waals surface area contributed by atoms with E-state index >= 15 is 0 Å². The molecule has 0 bridgehead atoms. The third-order valence-electron chi connectivity index (χ3n) is 4.08. The molecule has 0 atom stereocenters. The van der Waals surface area contributed by atoms with Gasteiger partial charge in [0.05, 0.1) is 11.1 Å². The van der Waals surface area contributed by atoms with Crippen molar-refractivity contribution in [3.8, 4) is 0 Å². The highest BCUT2D eigenvalue weighted by Gasteiger charge is 2.35. The monoisotopic (exact) mass is 380 g/mol. The summed E-state index contributed by atoms with van der Waals surface area (Å²) in [6.07, 6.45) is 1.59. The summed E-state index contributed by atoms with van der Waals surface area (Å²) in [7, 11) is 0. The van der Waals surface area contributed by atoms with Gasteiger partial charge in [0.1, 0.15) is 0 Å². The molecular weight excluding hydrogens is 360 g/mol. The fourth-order valence-electron chi connectivity index (χ4n) is 2.39. The first-order chi connectivity index (χ1) is 10.7. The molecule has 0 aliphatic carbocycles. The van der Waals surface area contributed by atoms with Crippen molar-refractivity contribution in [2.45, 2.75) is 45.6 Å². The quantitative estimate of drug-likeness (QED) is 0.770. The number of halogens is 1. The van der Waals surface area contributed by atoms with Gasteiger partial charge in [-0.1, -0.05) is 22.9 Å². The van der Waals surface area contributed by atoms with Crippen molar-refractivity contribution in [2.24, 2.45) is 0 Å². The summed E-state index contributed by atoms with van der Waals surface area (Å²) in [5.74, 6) is -0.636. The predicted octanol–water partition coefficient (Wildman–Crippen LogP) is 3.13. The lowest BCUT2D eigenvalue weighted by Crippen LogP contribution is -2.43. The molecule has 1 aliphatic heterocycles. The zero-order valence-corrected chi connectivity index (χ0v) is 15.2. The Balaban J connectivity index is 1.92. The number of fused-ring (bicyclic) bond motifs is 1. The summed E-state index contributed by atoms with van der Waals surface area (Å²) in [5, 5.41) is 2.94. The third kappa shape index (κ3) is 3.99. The predicted molar refractivity (Wildman–Crippen MR) is 91.3 cm³/mol. The normalized spacial score (nSPS) is 14.2. The minimum Gasteiger partial charge on any atom is -0.351 e. The minimum absolute atomic E-state index is 0.0591. The molecule has 3 amide bonds. The number of benzene rings is 1. The molecular formula is C17H21BrN2O3. The van der Waals surface area contributed by atoms with Crippen LogP contribution in [-0.4, -0.2) is 34.7 Å². The van der Waals surface area contributed by atoms with Crippen molar-refractivity contribution in [2.75, 3.05) is 6.54 Å². The van der Waals surface area contributed by atoms with Gasteiger partial charge in [0.15, 0.2) is 0 Å². The molecule has 0 saturated carbocycles. The maximum Gasteiger partial charge on any atom is 0.261 e. The lowest BCUT2D eigenvalue weighted by molar-refractivity contribution is -0.122. The SMILES string of the molecule is CCC(C)(C)NC(=O)CCCN1C(=O)c2ccc(Br)cc2C1=O. The van der Waals surface area contributed by atoms with Crippen LogP contribution in [0.2, 0.25) is 0 Å². The number of rotatable bonds is 6. The Morgan fingerprint density at radius 1 is 1.22 bits per heavy atom. The van der Waals surface area contributed by atoms with E-state index in [4.69, 9.17) is 0 Å². The summed E-state index contributed by atoms with van der Waals surface area (Å²) in [4.78, 5) is 37.7. The summed E-state index contributed by atoms with van der Waals surface area (Å²) in [5.41, 5.74) is 0.606. The van der Waals surface area contributed by atoms with Gasteiger partial charge in [-0.15, -0.1) is 0 Å². The van der Waals surface area contributed by atoms with Gasteiger partial charge in [-0.25, -0.2) is 0 Å². The Bertz CT molecular complexity index is 655. The summed E-state index contributed by atoms with van der Waals surface area (Å²) < 4.78 is 0.764. The lowest BCUT2D eigenvalue weighted by Gasteiger charge is -2.24. The molecule has 0 aromatic heterocycles.